The van der Waals surface area contributed by atoms with E-state index in [1.54, 1.807) is 4.68 Å². The molecule has 1 aromatic heterocycles. The van der Waals surface area contributed by atoms with E-state index < -0.39 is 0 Å². The average Bonchev–Trinajstić information content (AvgIpc) is 2.94. The molecule has 2 aromatic rings. The van der Waals surface area contributed by atoms with Crippen molar-refractivity contribution < 1.29 is 0 Å². The Labute approximate surface area is 138 Å². The highest BCUT2D eigenvalue weighted by molar-refractivity contribution is 5.77. The third-order valence-electron chi connectivity index (χ3n) is 3.73. The number of aromatic nitrogens is 2. The second-order valence-corrected chi connectivity index (χ2v) is 5.82. The zero-order valence-corrected chi connectivity index (χ0v) is 14.1. The first-order chi connectivity index (χ1) is 11.1. The van der Waals surface area contributed by atoms with Gasteiger partial charge in [-0.1, -0.05) is 30.3 Å². The van der Waals surface area contributed by atoms with E-state index in [9.17, 15) is 0 Å². The summed E-state index contributed by atoms with van der Waals surface area (Å²) in [5.41, 5.74) is 8.39. The van der Waals surface area contributed by atoms with Crippen molar-refractivity contribution in [2.75, 3.05) is 27.2 Å². The highest BCUT2D eigenvalue weighted by atomic mass is 15.2. The van der Waals surface area contributed by atoms with Gasteiger partial charge in [0.1, 0.15) is 0 Å². The quantitative estimate of drug-likeness (QED) is 0.594. The van der Waals surface area contributed by atoms with Gasteiger partial charge in [-0.25, -0.2) is 0 Å². The summed E-state index contributed by atoms with van der Waals surface area (Å²) in [6.45, 7) is 1.38. The number of nitrogens with two attached hydrogens (primary N) is 1. The predicted octanol–water partition coefficient (Wildman–Crippen LogP) is 1.17. The molecule has 0 fully saturated rings. The van der Waals surface area contributed by atoms with E-state index in [4.69, 9.17) is 5.73 Å². The van der Waals surface area contributed by atoms with Gasteiger partial charge in [-0.05, 0) is 26.1 Å². The number of aryl methyl sites for hydroxylation is 1. The van der Waals surface area contributed by atoms with Gasteiger partial charge in [0, 0.05) is 25.4 Å². The molecular weight excluding hydrogens is 288 g/mol. The van der Waals surface area contributed by atoms with Crippen molar-refractivity contribution in [2.24, 2.45) is 17.8 Å². The van der Waals surface area contributed by atoms with E-state index >= 15 is 0 Å². The lowest BCUT2D eigenvalue weighted by molar-refractivity contribution is 0.306. The number of aliphatic imine (C=N–C) groups is 1. The summed E-state index contributed by atoms with van der Waals surface area (Å²) in [4.78, 5) is 6.59. The number of nitrogens with one attached hydrogen (secondary N) is 1. The van der Waals surface area contributed by atoms with E-state index in [2.05, 4.69) is 32.4 Å². The molecule has 6 heteroatoms. The Balaban J connectivity index is 1.84. The molecule has 0 radical (unpaired) electrons. The molecule has 1 unspecified atom stereocenters. The summed E-state index contributed by atoms with van der Waals surface area (Å²) in [7, 11) is 5.98. The Kier molecular flexibility index (Phi) is 6.17. The first-order valence-corrected chi connectivity index (χ1v) is 7.79. The zero-order valence-electron chi connectivity index (χ0n) is 14.1. The zero-order chi connectivity index (χ0) is 16.7. The molecule has 0 aliphatic carbocycles. The smallest absolute Gasteiger partial charge is 0.188 e. The largest absolute Gasteiger partial charge is 0.370 e. The molecule has 6 nitrogen and oxygen atoms in total. The van der Waals surface area contributed by atoms with Crippen LogP contribution in [0.25, 0.3) is 0 Å². The first kappa shape index (κ1) is 17.0. The molecule has 0 saturated carbocycles. The Morgan fingerprint density at radius 3 is 2.70 bits per heavy atom. The van der Waals surface area contributed by atoms with Crippen LogP contribution in [-0.2, 0) is 13.5 Å². The molecule has 3 N–H and O–H groups in total. The Hall–Kier alpha value is -2.34. The Morgan fingerprint density at radius 1 is 1.35 bits per heavy atom. The minimum Gasteiger partial charge on any atom is -0.370 e. The fourth-order valence-corrected chi connectivity index (χ4v) is 2.40. The van der Waals surface area contributed by atoms with Crippen molar-refractivity contribution in [3.63, 3.8) is 0 Å². The van der Waals surface area contributed by atoms with Crippen LogP contribution in [0.3, 0.4) is 0 Å². The molecule has 124 valence electrons. The second-order valence-electron chi connectivity index (χ2n) is 5.82. The van der Waals surface area contributed by atoms with Crippen molar-refractivity contribution in [3.05, 3.63) is 53.9 Å². The lowest BCUT2D eigenvalue weighted by Gasteiger charge is -2.21. The summed E-state index contributed by atoms with van der Waals surface area (Å²) in [6.07, 6.45) is 4.81. The van der Waals surface area contributed by atoms with Crippen molar-refractivity contribution in [1.82, 2.24) is 20.0 Å². The molecular formula is C17H26N6. The lowest BCUT2D eigenvalue weighted by Crippen LogP contribution is -2.34. The maximum absolute atomic E-state index is 5.97. The topological polar surface area (TPSA) is 71.5 Å². The summed E-state index contributed by atoms with van der Waals surface area (Å²) in [6, 6.07) is 10.5. The van der Waals surface area contributed by atoms with E-state index in [-0.39, 0.29) is 6.04 Å². The van der Waals surface area contributed by atoms with Crippen molar-refractivity contribution in [1.29, 1.82) is 0 Å². The minimum atomic E-state index is 0.165. The molecule has 0 amide bonds. The standard InChI is InChI=1S/C17H26N6/c1-22(2)16(15-11-21-23(3)13-15)12-20-17(18)19-10-9-14-7-5-4-6-8-14/h4-8,11,13,16H,9-10,12H2,1-3H3,(H3,18,19,20). The molecule has 0 bridgehead atoms. The molecule has 2 rings (SSSR count). The molecule has 23 heavy (non-hydrogen) atoms. The van der Waals surface area contributed by atoms with Crippen LogP contribution in [0, 0.1) is 0 Å². The number of rotatable bonds is 7. The first-order valence-electron chi connectivity index (χ1n) is 7.79. The fraction of sp³-hybridized carbons (Fsp3) is 0.412. The van der Waals surface area contributed by atoms with Gasteiger partial charge >= 0.3 is 0 Å². The van der Waals surface area contributed by atoms with Gasteiger partial charge in [-0.15, -0.1) is 0 Å². The normalized spacial score (nSPS) is 13.3. The molecule has 0 aliphatic heterocycles. The highest BCUT2D eigenvalue weighted by Gasteiger charge is 2.15. The van der Waals surface area contributed by atoms with Gasteiger partial charge in [-0.3, -0.25) is 9.67 Å². The molecule has 1 aromatic carbocycles. The third-order valence-corrected chi connectivity index (χ3v) is 3.73. The van der Waals surface area contributed by atoms with Crippen LogP contribution in [0.4, 0.5) is 0 Å². The SMILES string of the molecule is CN(C)C(CN=C(N)NCCc1ccccc1)c1cnn(C)c1. The van der Waals surface area contributed by atoms with Gasteiger partial charge in [0.25, 0.3) is 0 Å². The highest BCUT2D eigenvalue weighted by Crippen LogP contribution is 2.17. The maximum Gasteiger partial charge on any atom is 0.188 e. The molecule has 0 aliphatic rings. The van der Waals surface area contributed by atoms with Crippen LogP contribution >= 0.6 is 0 Å². The molecule has 0 spiro atoms. The monoisotopic (exact) mass is 314 g/mol. The van der Waals surface area contributed by atoms with Gasteiger partial charge in [-0.2, -0.15) is 5.10 Å². The molecule has 0 saturated heterocycles. The van der Waals surface area contributed by atoms with Crippen molar-refractivity contribution in [3.8, 4) is 0 Å². The van der Waals surface area contributed by atoms with E-state index in [0.717, 1.165) is 18.5 Å². The average molecular weight is 314 g/mol. The number of hydrogen-bond donors (Lipinski definition) is 2. The number of benzene rings is 1. The fourth-order valence-electron chi connectivity index (χ4n) is 2.40. The summed E-state index contributed by atoms with van der Waals surface area (Å²) in [5.74, 6) is 0.483. The number of nitrogens with zero attached hydrogens (tertiary/aromatic N) is 4. The minimum absolute atomic E-state index is 0.165. The van der Waals surface area contributed by atoms with Crippen molar-refractivity contribution >= 4 is 5.96 Å². The van der Waals surface area contributed by atoms with Crippen LogP contribution < -0.4 is 11.1 Å². The summed E-state index contributed by atoms with van der Waals surface area (Å²) >= 11 is 0. The Bertz CT molecular complexity index is 617. The summed E-state index contributed by atoms with van der Waals surface area (Å²) in [5, 5.41) is 7.40. The predicted molar refractivity (Wildman–Crippen MR) is 94.3 cm³/mol. The molecule has 1 atom stereocenters. The van der Waals surface area contributed by atoms with Gasteiger partial charge in [0.15, 0.2) is 5.96 Å². The number of likely N-dealkylation sites (N-methyl/N-ethyl adjacent to an activating group) is 1. The van der Waals surface area contributed by atoms with Gasteiger partial charge in [0.2, 0.25) is 0 Å². The molecule has 1 heterocycles. The van der Waals surface area contributed by atoms with Crippen LogP contribution in [0.15, 0.2) is 47.7 Å². The Morgan fingerprint density at radius 2 is 2.09 bits per heavy atom. The van der Waals surface area contributed by atoms with Crippen LogP contribution in [0.1, 0.15) is 17.2 Å². The van der Waals surface area contributed by atoms with Gasteiger partial charge in [0.05, 0.1) is 18.8 Å². The number of hydrogen-bond acceptors (Lipinski definition) is 3. The lowest BCUT2D eigenvalue weighted by atomic mass is 10.1. The second kappa shape index (κ2) is 8.33. The van der Waals surface area contributed by atoms with E-state index in [1.165, 1.54) is 5.56 Å². The summed E-state index contributed by atoms with van der Waals surface area (Å²) < 4.78 is 1.80. The van der Waals surface area contributed by atoms with Gasteiger partial charge < -0.3 is 16.0 Å². The number of guanidine groups is 1. The van der Waals surface area contributed by atoms with Crippen LogP contribution in [0.5, 0.6) is 0 Å². The van der Waals surface area contributed by atoms with E-state index in [1.807, 2.05) is 51.7 Å². The van der Waals surface area contributed by atoms with E-state index in [0.29, 0.717) is 12.5 Å². The van der Waals surface area contributed by atoms with Crippen LogP contribution in [-0.4, -0.2) is 47.8 Å². The van der Waals surface area contributed by atoms with Crippen molar-refractivity contribution in [2.45, 2.75) is 12.5 Å². The third kappa shape index (κ3) is 5.41. The maximum atomic E-state index is 5.97. The van der Waals surface area contributed by atoms with Crippen LogP contribution in [0.2, 0.25) is 0 Å².